The lowest BCUT2D eigenvalue weighted by Crippen LogP contribution is -2.21. The molecule has 8 nitrogen and oxygen atoms in total. The van der Waals surface area contributed by atoms with Crippen LogP contribution < -0.4 is 10.6 Å². The predicted octanol–water partition coefficient (Wildman–Crippen LogP) is 5.94. The number of amides is 2. The van der Waals surface area contributed by atoms with Crippen LogP contribution in [0.5, 0.6) is 0 Å². The fourth-order valence-electron chi connectivity index (χ4n) is 3.36. The number of aromatic amines is 1. The van der Waals surface area contributed by atoms with Crippen LogP contribution in [0.4, 0.5) is 36.4 Å². The summed E-state index contributed by atoms with van der Waals surface area (Å²) in [7, 11) is 2.53. The number of anilines is 1. The molecule has 0 aliphatic rings. The number of carbonyl (C=O) groups excluding carboxylic acids is 2. The van der Waals surface area contributed by atoms with Crippen molar-refractivity contribution < 1.29 is 40.3 Å². The molecule has 0 aliphatic carbocycles. The molecule has 4 aromatic rings. The number of carbonyl (C=O) groups is 2. The van der Waals surface area contributed by atoms with Crippen molar-refractivity contribution >= 4 is 29.1 Å². The second-order valence-corrected chi connectivity index (χ2v) is 8.37. The molecule has 0 saturated carbocycles. The van der Waals surface area contributed by atoms with Gasteiger partial charge in [-0.25, -0.2) is 4.39 Å². The van der Waals surface area contributed by atoms with Gasteiger partial charge in [-0.05, 0) is 35.9 Å². The zero-order chi connectivity index (χ0) is 29.8. The van der Waals surface area contributed by atoms with Crippen LogP contribution in [-0.4, -0.2) is 38.8 Å². The summed E-state index contributed by atoms with van der Waals surface area (Å²) in [6.45, 7) is 0. The van der Waals surface area contributed by atoms with Gasteiger partial charge in [0.05, 0.1) is 11.1 Å². The summed E-state index contributed by atoms with van der Waals surface area (Å²) in [4.78, 5) is 23.3. The van der Waals surface area contributed by atoms with Gasteiger partial charge in [0.25, 0.3) is 11.8 Å². The lowest BCUT2D eigenvalue weighted by molar-refractivity contribution is -0.142. The molecule has 0 atom stereocenters. The van der Waals surface area contributed by atoms with E-state index in [0.717, 1.165) is 23.1 Å². The fourth-order valence-corrected chi connectivity index (χ4v) is 3.49. The molecule has 0 bridgehead atoms. The number of aromatic nitrogens is 4. The molecule has 2 amide bonds. The van der Waals surface area contributed by atoms with Crippen molar-refractivity contribution in [2.24, 2.45) is 7.05 Å². The van der Waals surface area contributed by atoms with Crippen LogP contribution >= 0.6 is 11.6 Å². The van der Waals surface area contributed by atoms with Crippen LogP contribution in [0.25, 0.3) is 11.1 Å². The van der Waals surface area contributed by atoms with Crippen LogP contribution in [0.2, 0.25) is 5.02 Å². The smallest absolute Gasteiger partial charge is 0.355 e. The number of alkyl halides is 6. The molecule has 0 aliphatic heterocycles. The molecule has 212 valence electrons. The van der Waals surface area contributed by atoms with Crippen LogP contribution in [0.3, 0.4) is 0 Å². The number of aryl methyl sites for hydroxylation is 1. The third kappa shape index (κ3) is 7.16. The molecule has 0 fully saturated rings. The molecule has 2 aromatic heterocycles. The summed E-state index contributed by atoms with van der Waals surface area (Å²) < 4.78 is 90.2. The highest BCUT2D eigenvalue weighted by atomic mass is 35.5. The molecule has 16 heteroatoms. The van der Waals surface area contributed by atoms with Crippen molar-refractivity contribution in [3.8, 4) is 11.1 Å². The predicted molar refractivity (Wildman–Crippen MR) is 130 cm³/mol. The zero-order valence-corrected chi connectivity index (χ0v) is 21.1. The Hall–Kier alpha value is -4.40. The van der Waals surface area contributed by atoms with Gasteiger partial charge >= 0.3 is 12.4 Å². The molecule has 2 heterocycles. The van der Waals surface area contributed by atoms with Gasteiger partial charge in [0.1, 0.15) is 5.82 Å². The van der Waals surface area contributed by atoms with E-state index in [1.54, 1.807) is 24.3 Å². The molecular weight excluding hydrogens is 573 g/mol. The van der Waals surface area contributed by atoms with Crippen molar-refractivity contribution in [3.05, 3.63) is 88.2 Å². The first kappa shape index (κ1) is 30.1. The standard InChI is InChI=1S/C18H12ClF4N3O.C6H6F3N3O/c1-26-9-14(16(25-26)18(21,22)23)17(27)24-15-7-6-12(20)8-13(15)10-2-4-11(19)5-3-10;1-10-5(13)3-2-11-12-4(3)6(7,8)9/h2-9H,1H3,(H,24,27);2H,1H3,(H,10,13)(H,11,12). The van der Waals surface area contributed by atoms with E-state index < -0.39 is 52.5 Å². The number of hydrogen-bond donors (Lipinski definition) is 3. The molecule has 0 spiro atoms. The van der Waals surface area contributed by atoms with E-state index in [1.165, 1.54) is 26.2 Å². The number of halogens is 8. The average molecular weight is 591 g/mol. The van der Waals surface area contributed by atoms with Crippen molar-refractivity contribution in [2.45, 2.75) is 12.4 Å². The minimum absolute atomic E-state index is 0.153. The summed E-state index contributed by atoms with van der Waals surface area (Å²) >= 11 is 5.84. The van der Waals surface area contributed by atoms with E-state index in [0.29, 0.717) is 16.1 Å². The van der Waals surface area contributed by atoms with Crippen LogP contribution in [-0.2, 0) is 19.4 Å². The Balaban J connectivity index is 0.000000285. The molecule has 2 aromatic carbocycles. The highest BCUT2D eigenvalue weighted by Crippen LogP contribution is 2.33. The number of nitrogens with one attached hydrogen (secondary N) is 3. The Labute approximate surface area is 226 Å². The molecular formula is C24H18ClF7N6O2. The number of benzene rings is 2. The normalized spacial score (nSPS) is 11.4. The van der Waals surface area contributed by atoms with Gasteiger partial charge in [-0.3, -0.25) is 19.4 Å². The van der Waals surface area contributed by atoms with Crippen LogP contribution in [0, 0.1) is 5.82 Å². The Morgan fingerprint density at radius 1 is 0.925 bits per heavy atom. The summed E-state index contributed by atoms with van der Waals surface area (Å²) in [6.07, 6.45) is -7.51. The Morgan fingerprint density at radius 3 is 2.12 bits per heavy atom. The second-order valence-electron chi connectivity index (χ2n) is 7.94. The van der Waals surface area contributed by atoms with Crippen LogP contribution in [0.1, 0.15) is 32.1 Å². The lowest BCUT2D eigenvalue weighted by Gasteiger charge is -2.12. The number of hydrogen-bond acceptors (Lipinski definition) is 4. The zero-order valence-electron chi connectivity index (χ0n) is 20.4. The van der Waals surface area contributed by atoms with E-state index in [9.17, 15) is 40.3 Å². The largest absolute Gasteiger partial charge is 0.435 e. The van der Waals surface area contributed by atoms with Crippen molar-refractivity contribution in [1.29, 1.82) is 0 Å². The third-order valence-electron chi connectivity index (χ3n) is 5.11. The van der Waals surface area contributed by atoms with Gasteiger partial charge in [-0.1, -0.05) is 23.7 Å². The monoisotopic (exact) mass is 590 g/mol. The first-order chi connectivity index (χ1) is 18.6. The van der Waals surface area contributed by atoms with Crippen LogP contribution in [0.15, 0.2) is 54.9 Å². The van der Waals surface area contributed by atoms with Gasteiger partial charge in [0, 0.05) is 42.8 Å². The summed E-state index contributed by atoms with van der Waals surface area (Å²) in [6, 6.07) is 9.93. The molecule has 0 radical (unpaired) electrons. The fraction of sp³-hybridized carbons (Fsp3) is 0.167. The molecule has 3 N–H and O–H groups in total. The van der Waals surface area contributed by atoms with E-state index in [1.807, 2.05) is 5.10 Å². The average Bonchev–Trinajstić information content (AvgIpc) is 3.53. The van der Waals surface area contributed by atoms with E-state index in [-0.39, 0.29) is 5.69 Å². The van der Waals surface area contributed by atoms with E-state index in [2.05, 4.69) is 20.8 Å². The maximum absolute atomic E-state index is 13.7. The van der Waals surface area contributed by atoms with Crippen molar-refractivity contribution in [3.63, 3.8) is 0 Å². The molecule has 0 unspecified atom stereocenters. The maximum Gasteiger partial charge on any atom is 0.435 e. The Morgan fingerprint density at radius 2 is 1.55 bits per heavy atom. The van der Waals surface area contributed by atoms with Gasteiger partial charge in [-0.2, -0.15) is 36.5 Å². The quantitative estimate of drug-likeness (QED) is 0.256. The molecule has 40 heavy (non-hydrogen) atoms. The highest BCUT2D eigenvalue weighted by Gasteiger charge is 2.39. The van der Waals surface area contributed by atoms with Gasteiger partial charge in [0.2, 0.25) is 0 Å². The minimum atomic E-state index is -4.78. The topological polar surface area (TPSA) is 105 Å². The maximum atomic E-state index is 13.7. The Bertz CT molecular complexity index is 1510. The number of nitrogens with zero attached hydrogens (tertiary/aromatic N) is 3. The first-order valence-corrected chi connectivity index (χ1v) is 11.3. The second kappa shape index (κ2) is 11.8. The number of rotatable bonds is 4. The Kier molecular flexibility index (Phi) is 8.87. The van der Waals surface area contributed by atoms with Crippen molar-refractivity contribution in [2.75, 3.05) is 12.4 Å². The first-order valence-electron chi connectivity index (χ1n) is 10.9. The van der Waals surface area contributed by atoms with E-state index in [4.69, 9.17) is 11.6 Å². The number of H-pyrrole nitrogens is 1. The summed E-state index contributed by atoms with van der Waals surface area (Å²) in [5, 5.41) is 13.2. The van der Waals surface area contributed by atoms with Crippen molar-refractivity contribution in [1.82, 2.24) is 25.3 Å². The van der Waals surface area contributed by atoms with Gasteiger partial charge in [-0.15, -0.1) is 0 Å². The molecule has 0 saturated heterocycles. The lowest BCUT2D eigenvalue weighted by atomic mass is 10.0. The third-order valence-corrected chi connectivity index (χ3v) is 5.36. The SMILES string of the molecule is CNC(=O)c1c[nH]nc1C(F)(F)F.Cn1cc(C(=O)Nc2ccc(F)cc2-c2ccc(Cl)cc2)c(C(F)(F)F)n1. The van der Waals surface area contributed by atoms with E-state index >= 15 is 0 Å². The van der Waals surface area contributed by atoms with Gasteiger partial charge in [0.15, 0.2) is 11.4 Å². The minimum Gasteiger partial charge on any atom is -0.355 e. The summed E-state index contributed by atoms with van der Waals surface area (Å²) in [5.74, 6) is -2.38. The highest BCUT2D eigenvalue weighted by molar-refractivity contribution is 6.30. The van der Waals surface area contributed by atoms with Gasteiger partial charge < -0.3 is 10.6 Å². The molecule has 4 rings (SSSR count). The summed E-state index contributed by atoms with van der Waals surface area (Å²) in [5.41, 5.74) is -2.63.